The Hall–Kier alpha value is -3.54. The second-order valence-electron chi connectivity index (χ2n) is 9.12. The number of esters is 1. The Kier molecular flexibility index (Phi) is 7.59. The summed E-state index contributed by atoms with van der Waals surface area (Å²) in [5.41, 5.74) is 3.87. The van der Waals surface area contributed by atoms with E-state index in [0.29, 0.717) is 12.1 Å². The fraction of sp³-hybridized carbons (Fsp3) is 0.333. The average Bonchev–Trinajstić information content (AvgIpc) is 3.18. The molecule has 6 heteroatoms. The first-order valence-electron chi connectivity index (χ1n) is 11.1. The van der Waals surface area contributed by atoms with Gasteiger partial charge < -0.3 is 19.4 Å². The van der Waals surface area contributed by atoms with Crippen LogP contribution < -0.4 is 5.32 Å². The Morgan fingerprint density at radius 1 is 1.00 bits per heavy atom. The van der Waals surface area contributed by atoms with Crippen molar-refractivity contribution >= 4 is 12.1 Å². The van der Waals surface area contributed by atoms with Crippen LogP contribution in [0, 0.1) is 0 Å². The molecule has 1 atom stereocenters. The highest BCUT2D eigenvalue weighted by Gasteiger charge is 2.28. The lowest BCUT2D eigenvalue weighted by atomic mass is 9.91. The molecule has 0 aliphatic rings. The van der Waals surface area contributed by atoms with Gasteiger partial charge in [0.2, 0.25) is 0 Å². The Morgan fingerprint density at radius 3 is 2.18 bits per heavy atom. The second kappa shape index (κ2) is 10.4. The van der Waals surface area contributed by atoms with Gasteiger partial charge >= 0.3 is 12.1 Å². The standard InChI is InChI=1S/C27H32N2O4/c1-19(28-26(31)33-18-20-12-8-6-9-13-20)17-29-23(27(2,3)4)16-22(25(30)32-5)24(29)21-14-10-7-11-15-21/h6-16,19H,17-18H2,1-5H3,(H,28,31)/t19-/m0/s1. The molecule has 0 unspecified atom stereocenters. The maximum absolute atomic E-state index is 12.7. The molecule has 33 heavy (non-hydrogen) atoms. The predicted molar refractivity (Wildman–Crippen MR) is 129 cm³/mol. The molecule has 0 aliphatic carbocycles. The zero-order valence-electron chi connectivity index (χ0n) is 19.9. The maximum Gasteiger partial charge on any atom is 0.407 e. The normalized spacial score (nSPS) is 12.2. The number of carbonyl (C=O) groups excluding carboxylic acids is 2. The Bertz CT molecular complexity index is 1080. The van der Waals surface area contributed by atoms with Crippen molar-refractivity contribution in [2.24, 2.45) is 0 Å². The number of nitrogens with one attached hydrogen (secondary N) is 1. The Balaban J connectivity index is 1.88. The zero-order valence-corrected chi connectivity index (χ0v) is 19.9. The Labute approximate surface area is 195 Å². The van der Waals surface area contributed by atoms with Gasteiger partial charge in [-0.3, -0.25) is 0 Å². The minimum Gasteiger partial charge on any atom is -0.465 e. The molecule has 3 aromatic rings. The first-order chi connectivity index (χ1) is 15.7. The van der Waals surface area contributed by atoms with Crippen molar-refractivity contribution in [3.8, 4) is 11.3 Å². The number of nitrogens with zero attached hydrogens (tertiary/aromatic N) is 1. The van der Waals surface area contributed by atoms with E-state index in [1.54, 1.807) is 0 Å². The molecule has 0 radical (unpaired) electrons. The van der Waals surface area contributed by atoms with Crippen molar-refractivity contribution in [2.45, 2.75) is 52.3 Å². The molecule has 2 aromatic carbocycles. The van der Waals surface area contributed by atoms with Crippen molar-refractivity contribution in [1.82, 2.24) is 9.88 Å². The fourth-order valence-electron chi connectivity index (χ4n) is 3.82. The topological polar surface area (TPSA) is 69.6 Å². The smallest absolute Gasteiger partial charge is 0.407 e. The average molecular weight is 449 g/mol. The molecule has 0 fully saturated rings. The van der Waals surface area contributed by atoms with Gasteiger partial charge in [0.15, 0.2) is 0 Å². The van der Waals surface area contributed by atoms with E-state index in [-0.39, 0.29) is 24.0 Å². The first-order valence-corrected chi connectivity index (χ1v) is 11.1. The summed E-state index contributed by atoms with van der Waals surface area (Å²) >= 11 is 0. The van der Waals surface area contributed by atoms with Crippen LogP contribution in [0.2, 0.25) is 0 Å². The molecule has 174 valence electrons. The molecule has 0 saturated carbocycles. The summed E-state index contributed by atoms with van der Waals surface area (Å²) in [4.78, 5) is 25.1. The summed E-state index contributed by atoms with van der Waals surface area (Å²) in [6, 6.07) is 21.0. The number of benzene rings is 2. The van der Waals surface area contributed by atoms with Gasteiger partial charge in [0.25, 0.3) is 0 Å². The van der Waals surface area contributed by atoms with Crippen LogP contribution in [0.1, 0.15) is 49.3 Å². The van der Waals surface area contributed by atoms with Crippen LogP contribution in [0.4, 0.5) is 4.79 Å². The quantitative estimate of drug-likeness (QED) is 0.481. The molecule has 3 rings (SSSR count). The number of methoxy groups -OCH3 is 1. The van der Waals surface area contributed by atoms with E-state index in [1.807, 2.05) is 73.7 Å². The second-order valence-corrected chi connectivity index (χ2v) is 9.12. The van der Waals surface area contributed by atoms with Crippen molar-refractivity contribution in [1.29, 1.82) is 0 Å². The highest BCUT2D eigenvalue weighted by molar-refractivity contribution is 5.97. The van der Waals surface area contributed by atoms with Gasteiger partial charge in [-0.05, 0) is 24.1 Å². The highest BCUT2D eigenvalue weighted by Crippen LogP contribution is 2.34. The summed E-state index contributed by atoms with van der Waals surface area (Å²) in [6.07, 6.45) is -0.481. The number of alkyl carbamates (subject to hydrolysis) is 1. The molecule has 0 spiro atoms. The summed E-state index contributed by atoms with van der Waals surface area (Å²) in [5.74, 6) is -0.388. The van der Waals surface area contributed by atoms with E-state index in [2.05, 4.69) is 30.7 Å². The van der Waals surface area contributed by atoms with E-state index >= 15 is 0 Å². The minimum absolute atomic E-state index is 0.206. The molecular weight excluding hydrogens is 416 g/mol. The van der Waals surface area contributed by atoms with Crippen LogP contribution in [0.15, 0.2) is 66.7 Å². The van der Waals surface area contributed by atoms with Crippen LogP contribution in [0.25, 0.3) is 11.3 Å². The van der Waals surface area contributed by atoms with Gasteiger partial charge in [-0.15, -0.1) is 0 Å². The van der Waals surface area contributed by atoms with Crippen molar-refractivity contribution in [3.63, 3.8) is 0 Å². The number of aromatic nitrogens is 1. The molecule has 1 amide bonds. The van der Waals surface area contributed by atoms with E-state index in [1.165, 1.54) is 7.11 Å². The highest BCUT2D eigenvalue weighted by atomic mass is 16.5. The summed E-state index contributed by atoms with van der Waals surface area (Å²) < 4.78 is 12.6. The van der Waals surface area contributed by atoms with Crippen molar-refractivity contribution in [3.05, 3.63) is 83.6 Å². The zero-order chi connectivity index (χ0) is 24.0. The van der Waals surface area contributed by atoms with Crippen LogP contribution in [0.5, 0.6) is 0 Å². The Morgan fingerprint density at radius 2 is 1.61 bits per heavy atom. The van der Waals surface area contributed by atoms with Gasteiger partial charge in [-0.1, -0.05) is 81.4 Å². The van der Waals surface area contributed by atoms with E-state index in [0.717, 1.165) is 22.5 Å². The molecule has 0 saturated heterocycles. The van der Waals surface area contributed by atoms with Gasteiger partial charge in [-0.2, -0.15) is 0 Å². The lowest BCUT2D eigenvalue weighted by molar-refractivity contribution is 0.0601. The van der Waals surface area contributed by atoms with E-state index in [4.69, 9.17) is 9.47 Å². The van der Waals surface area contributed by atoms with Gasteiger partial charge in [0, 0.05) is 23.7 Å². The van der Waals surface area contributed by atoms with E-state index < -0.39 is 6.09 Å². The van der Waals surface area contributed by atoms with Crippen molar-refractivity contribution < 1.29 is 19.1 Å². The SMILES string of the molecule is COC(=O)c1cc(C(C)(C)C)n(C[C@H](C)NC(=O)OCc2ccccc2)c1-c1ccccc1. The number of hydrogen-bond acceptors (Lipinski definition) is 4. The lowest BCUT2D eigenvalue weighted by Crippen LogP contribution is -2.37. The van der Waals surface area contributed by atoms with E-state index in [9.17, 15) is 9.59 Å². The molecular formula is C27H32N2O4. The molecule has 1 aromatic heterocycles. The minimum atomic E-state index is -0.481. The number of ether oxygens (including phenoxy) is 2. The van der Waals surface area contributed by atoms with Crippen LogP contribution >= 0.6 is 0 Å². The number of carbonyl (C=O) groups is 2. The van der Waals surface area contributed by atoms with Crippen molar-refractivity contribution in [2.75, 3.05) is 7.11 Å². The third kappa shape index (κ3) is 6.04. The molecule has 0 bridgehead atoms. The van der Waals surface area contributed by atoms with Gasteiger partial charge in [0.05, 0.1) is 18.4 Å². The maximum atomic E-state index is 12.7. The number of hydrogen-bond donors (Lipinski definition) is 1. The van der Waals surface area contributed by atoms with Gasteiger partial charge in [-0.25, -0.2) is 9.59 Å². The predicted octanol–water partition coefficient (Wildman–Crippen LogP) is 5.55. The third-order valence-electron chi connectivity index (χ3n) is 5.35. The number of amides is 1. The van der Waals surface area contributed by atoms with Crippen LogP contribution in [0.3, 0.4) is 0 Å². The lowest BCUT2D eigenvalue weighted by Gasteiger charge is -2.25. The summed E-state index contributed by atoms with van der Waals surface area (Å²) in [7, 11) is 1.39. The largest absolute Gasteiger partial charge is 0.465 e. The summed E-state index contributed by atoms with van der Waals surface area (Å²) in [5, 5.41) is 2.91. The fourth-order valence-corrected chi connectivity index (χ4v) is 3.82. The molecule has 6 nitrogen and oxygen atoms in total. The van der Waals surface area contributed by atoms with Crippen LogP contribution in [-0.4, -0.2) is 29.8 Å². The monoisotopic (exact) mass is 448 g/mol. The first kappa shape index (κ1) is 24.1. The van der Waals surface area contributed by atoms with Crippen LogP contribution in [-0.2, 0) is 28.0 Å². The number of rotatable bonds is 7. The summed E-state index contributed by atoms with van der Waals surface area (Å²) in [6.45, 7) is 8.89. The molecule has 0 aliphatic heterocycles. The van der Waals surface area contributed by atoms with Gasteiger partial charge in [0.1, 0.15) is 6.61 Å². The molecule has 1 heterocycles. The molecule has 1 N–H and O–H groups in total. The third-order valence-corrected chi connectivity index (χ3v) is 5.35.